The number of carbonyl (C=O) groups is 2. The van der Waals surface area contributed by atoms with Crippen LogP contribution in [0.2, 0.25) is 0 Å². The predicted molar refractivity (Wildman–Crippen MR) is 171 cm³/mol. The fourth-order valence-corrected chi connectivity index (χ4v) is 5.50. The molecule has 0 spiro atoms. The van der Waals surface area contributed by atoms with Gasteiger partial charge in [-0.2, -0.15) is 0 Å². The number of amides is 2. The quantitative estimate of drug-likeness (QED) is 0.140. The molecule has 0 aliphatic heterocycles. The van der Waals surface area contributed by atoms with E-state index >= 15 is 0 Å². The van der Waals surface area contributed by atoms with Crippen LogP contribution >= 0.6 is 0 Å². The van der Waals surface area contributed by atoms with Gasteiger partial charge in [0.2, 0.25) is 11.8 Å². The maximum absolute atomic E-state index is 12.1. The van der Waals surface area contributed by atoms with E-state index in [4.69, 9.17) is 0 Å². The third kappa shape index (κ3) is 9.08. The molecule has 3 aromatic rings. The molecule has 0 fully saturated rings. The van der Waals surface area contributed by atoms with Crippen molar-refractivity contribution in [2.45, 2.75) is 117 Å². The summed E-state index contributed by atoms with van der Waals surface area (Å²) in [4.78, 5) is 24.2. The molecule has 2 amide bonds. The first-order valence-corrected chi connectivity index (χ1v) is 15.6. The summed E-state index contributed by atoms with van der Waals surface area (Å²) in [5.41, 5.74) is 2.66. The number of hydrogen-bond acceptors (Lipinski definition) is 2. The SMILES string of the molecule is CCCCNC(=O)CCCC(C)(C)c1ccc2cc3cc(C(C)(C)CCCC(=O)NCCCC)ccc3cc2c1. The van der Waals surface area contributed by atoms with Crippen LogP contribution in [-0.2, 0) is 20.4 Å². The average Bonchev–Trinajstić information content (AvgIpc) is 2.91. The van der Waals surface area contributed by atoms with Crippen LogP contribution in [0.4, 0.5) is 0 Å². The van der Waals surface area contributed by atoms with Gasteiger partial charge in [0.1, 0.15) is 0 Å². The summed E-state index contributed by atoms with van der Waals surface area (Å²) in [7, 11) is 0. The first kappa shape index (κ1) is 31.6. The molecule has 40 heavy (non-hydrogen) atoms. The van der Waals surface area contributed by atoms with E-state index in [-0.39, 0.29) is 22.6 Å². The molecule has 0 saturated heterocycles. The molecule has 3 aromatic carbocycles. The molecule has 0 saturated carbocycles. The summed E-state index contributed by atoms with van der Waals surface area (Å²) in [5.74, 6) is 0.342. The van der Waals surface area contributed by atoms with Crippen molar-refractivity contribution in [2.24, 2.45) is 0 Å². The first-order valence-electron chi connectivity index (χ1n) is 15.6. The fraction of sp³-hybridized carbons (Fsp3) is 0.556. The second kappa shape index (κ2) is 14.7. The van der Waals surface area contributed by atoms with Crippen LogP contribution in [0.3, 0.4) is 0 Å². The van der Waals surface area contributed by atoms with Crippen LogP contribution in [0.5, 0.6) is 0 Å². The highest BCUT2D eigenvalue weighted by Gasteiger charge is 2.23. The van der Waals surface area contributed by atoms with Gasteiger partial charge in [-0.25, -0.2) is 0 Å². The second-order valence-electron chi connectivity index (χ2n) is 12.9. The zero-order chi connectivity index (χ0) is 29.2. The monoisotopic (exact) mass is 544 g/mol. The van der Waals surface area contributed by atoms with Gasteiger partial charge in [0.25, 0.3) is 0 Å². The van der Waals surface area contributed by atoms with Crippen LogP contribution in [0.25, 0.3) is 21.5 Å². The van der Waals surface area contributed by atoms with E-state index in [0.717, 1.165) is 64.5 Å². The first-order chi connectivity index (χ1) is 19.1. The second-order valence-corrected chi connectivity index (χ2v) is 12.9. The number of carbonyl (C=O) groups excluding carboxylic acids is 2. The van der Waals surface area contributed by atoms with E-state index in [1.54, 1.807) is 0 Å². The molecule has 4 heteroatoms. The van der Waals surface area contributed by atoms with Crippen LogP contribution in [0.15, 0.2) is 48.5 Å². The minimum absolute atomic E-state index is 0.00757. The summed E-state index contributed by atoms with van der Waals surface area (Å²) >= 11 is 0. The van der Waals surface area contributed by atoms with Gasteiger partial charge in [0.15, 0.2) is 0 Å². The van der Waals surface area contributed by atoms with E-state index in [0.29, 0.717) is 12.8 Å². The number of nitrogens with one attached hydrogen (secondary N) is 2. The van der Waals surface area contributed by atoms with E-state index in [1.165, 1.54) is 32.7 Å². The van der Waals surface area contributed by atoms with Gasteiger partial charge in [0.05, 0.1) is 0 Å². The van der Waals surface area contributed by atoms with Crippen LogP contribution in [0, 0.1) is 0 Å². The Kier molecular flexibility index (Phi) is 11.6. The van der Waals surface area contributed by atoms with Gasteiger partial charge in [-0.3, -0.25) is 9.59 Å². The van der Waals surface area contributed by atoms with E-state index in [2.05, 4.69) is 101 Å². The molecule has 218 valence electrons. The van der Waals surface area contributed by atoms with Gasteiger partial charge >= 0.3 is 0 Å². The number of hydrogen-bond donors (Lipinski definition) is 2. The Morgan fingerprint density at radius 2 is 0.975 bits per heavy atom. The number of unbranched alkanes of at least 4 members (excludes halogenated alkanes) is 2. The van der Waals surface area contributed by atoms with Crippen molar-refractivity contribution in [1.82, 2.24) is 10.6 Å². The lowest BCUT2D eigenvalue weighted by atomic mass is 9.78. The zero-order valence-corrected chi connectivity index (χ0v) is 25.9. The Labute approximate surface area is 242 Å². The van der Waals surface area contributed by atoms with Gasteiger partial charge in [-0.15, -0.1) is 0 Å². The summed E-state index contributed by atoms with van der Waals surface area (Å²) in [6.07, 6.45) is 9.22. The summed E-state index contributed by atoms with van der Waals surface area (Å²) in [5, 5.41) is 11.1. The number of benzene rings is 3. The molecule has 3 rings (SSSR count). The lowest BCUT2D eigenvalue weighted by Crippen LogP contribution is -2.25. The Morgan fingerprint density at radius 1 is 0.575 bits per heavy atom. The Hall–Kier alpha value is -2.88. The van der Waals surface area contributed by atoms with Crippen LogP contribution in [0.1, 0.15) is 117 Å². The largest absolute Gasteiger partial charge is 0.356 e. The van der Waals surface area contributed by atoms with Crippen molar-refractivity contribution >= 4 is 33.4 Å². The highest BCUT2D eigenvalue weighted by molar-refractivity contribution is 5.98. The predicted octanol–water partition coefficient (Wildman–Crippen LogP) is 8.72. The van der Waals surface area contributed by atoms with Crippen molar-refractivity contribution in [3.8, 4) is 0 Å². The average molecular weight is 545 g/mol. The molecule has 0 aromatic heterocycles. The molecule has 0 bridgehead atoms. The molecule has 0 aliphatic carbocycles. The topological polar surface area (TPSA) is 58.2 Å². The van der Waals surface area contributed by atoms with Crippen LogP contribution in [-0.4, -0.2) is 24.9 Å². The lowest BCUT2D eigenvalue weighted by molar-refractivity contribution is -0.122. The minimum Gasteiger partial charge on any atom is -0.356 e. The molecule has 0 atom stereocenters. The van der Waals surface area contributed by atoms with E-state index in [1.807, 2.05) is 0 Å². The number of fused-ring (bicyclic) bond motifs is 2. The van der Waals surface area contributed by atoms with Crippen molar-refractivity contribution in [3.63, 3.8) is 0 Å². The highest BCUT2D eigenvalue weighted by Crippen LogP contribution is 2.35. The number of rotatable bonds is 16. The van der Waals surface area contributed by atoms with Crippen molar-refractivity contribution in [2.75, 3.05) is 13.1 Å². The summed E-state index contributed by atoms with van der Waals surface area (Å²) < 4.78 is 0. The van der Waals surface area contributed by atoms with E-state index < -0.39 is 0 Å². The zero-order valence-electron chi connectivity index (χ0n) is 25.9. The minimum atomic E-state index is 0.00757. The smallest absolute Gasteiger partial charge is 0.219 e. The third-order valence-electron chi connectivity index (χ3n) is 8.47. The molecule has 2 N–H and O–H groups in total. The maximum atomic E-state index is 12.1. The normalized spacial score (nSPS) is 12.2. The maximum Gasteiger partial charge on any atom is 0.219 e. The Bertz CT molecular complexity index is 1180. The molecular weight excluding hydrogens is 492 g/mol. The van der Waals surface area contributed by atoms with Crippen molar-refractivity contribution in [3.05, 3.63) is 59.7 Å². The third-order valence-corrected chi connectivity index (χ3v) is 8.47. The standard InChI is InChI=1S/C36H52N2O2/c1-7-9-21-37-33(39)13-11-19-35(3,4)31-17-15-27-24-30-26-32(18-16-28(30)23-29(27)25-31)36(5,6)20-12-14-34(40)38-22-10-8-2/h15-18,23-26H,7-14,19-22H2,1-6H3,(H,37,39)(H,38,40). The van der Waals surface area contributed by atoms with Gasteiger partial charge < -0.3 is 10.6 Å². The van der Waals surface area contributed by atoms with Crippen molar-refractivity contribution in [1.29, 1.82) is 0 Å². The molecule has 0 heterocycles. The fourth-order valence-electron chi connectivity index (χ4n) is 5.50. The Balaban J connectivity index is 1.66. The van der Waals surface area contributed by atoms with E-state index in [9.17, 15) is 9.59 Å². The Morgan fingerprint density at radius 3 is 1.35 bits per heavy atom. The van der Waals surface area contributed by atoms with Crippen LogP contribution < -0.4 is 10.6 Å². The summed E-state index contributed by atoms with van der Waals surface area (Å²) in [6.45, 7) is 15.0. The van der Waals surface area contributed by atoms with Crippen molar-refractivity contribution < 1.29 is 9.59 Å². The lowest BCUT2D eigenvalue weighted by Gasteiger charge is -2.26. The van der Waals surface area contributed by atoms with Gasteiger partial charge in [0, 0.05) is 25.9 Å². The molecule has 0 unspecified atom stereocenters. The molecule has 4 nitrogen and oxygen atoms in total. The highest BCUT2D eigenvalue weighted by atomic mass is 16.2. The molecule has 0 aliphatic rings. The molecule has 0 radical (unpaired) electrons. The van der Waals surface area contributed by atoms with Gasteiger partial charge in [-0.1, -0.05) is 90.8 Å². The molecular formula is C36H52N2O2. The summed E-state index contributed by atoms with van der Waals surface area (Å²) in [6, 6.07) is 18.3. The van der Waals surface area contributed by atoms with Gasteiger partial charge in [-0.05, 0) is 94.2 Å².